The van der Waals surface area contributed by atoms with Gasteiger partial charge in [0.15, 0.2) is 18.9 Å². The van der Waals surface area contributed by atoms with Crippen LogP contribution < -0.4 is 0 Å². The Bertz CT molecular complexity index is 638. The maximum Gasteiger partial charge on any atom is 0.187 e. The first-order valence-electron chi connectivity index (χ1n) is 11.1. The first kappa shape index (κ1) is 28.0. The summed E-state index contributed by atoms with van der Waals surface area (Å²) >= 11 is 0. The summed E-state index contributed by atoms with van der Waals surface area (Å²) in [6.07, 6.45) is -19.1. The van der Waals surface area contributed by atoms with E-state index in [1.54, 1.807) is 6.92 Å². The van der Waals surface area contributed by atoms with Crippen LogP contribution in [-0.2, 0) is 33.2 Å². The molecule has 200 valence electrons. The summed E-state index contributed by atoms with van der Waals surface area (Å²) in [5.74, 6) is 0. The molecule has 0 amide bonds. The molecule has 0 spiro atoms. The molecule has 3 aliphatic heterocycles. The maximum absolute atomic E-state index is 10.7. The summed E-state index contributed by atoms with van der Waals surface area (Å²) in [4.78, 5) is 0. The minimum absolute atomic E-state index is 0.655. The molecule has 0 aromatic rings. The molecule has 0 aromatic heterocycles. The van der Waals surface area contributed by atoms with Gasteiger partial charge in [-0.3, -0.25) is 0 Å². The molecule has 3 fully saturated rings. The number of rotatable bonds is 7. The average Bonchev–Trinajstić information content (AvgIpc) is 2.80. The van der Waals surface area contributed by atoms with Crippen LogP contribution in [0.15, 0.2) is 0 Å². The highest BCUT2D eigenvalue weighted by atomic mass is 16.8. The van der Waals surface area contributed by atoms with Gasteiger partial charge in [0.1, 0.15) is 61.0 Å². The fourth-order valence-electron chi connectivity index (χ4n) is 4.40. The summed E-state index contributed by atoms with van der Waals surface area (Å²) < 4.78 is 38.8. The van der Waals surface area contributed by atoms with E-state index >= 15 is 0 Å². The van der Waals surface area contributed by atoms with Crippen LogP contribution in [0.4, 0.5) is 0 Å². The lowest BCUT2D eigenvalue weighted by Crippen LogP contribution is -2.66. The van der Waals surface area contributed by atoms with E-state index in [-0.39, 0.29) is 0 Å². The molecule has 14 nitrogen and oxygen atoms in total. The fourth-order valence-corrected chi connectivity index (χ4v) is 4.40. The minimum Gasteiger partial charge on any atom is -0.394 e. The van der Waals surface area contributed by atoms with Crippen molar-refractivity contribution >= 4 is 0 Å². The SMILES string of the molecule is CO[C@H]1[C@H](O[C@@H]2[C@@H](O)[C@H](C)OC(O)[C@@H]2OC)O[C@@H](C)[C@H](O)[C@H]1O[C@@H]1O[C@H](CO)[C@@H](O)[C@H](O)[C@H]1O. The molecular formula is C20H36O14. The third kappa shape index (κ3) is 5.40. The van der Waals surface area contributed by atoms with Gasteiger partial charge in [0.2, 0.25) is 0 Å². The van der Waals surface area contributed by atoms with Gasteiger partial charge in [-0.15, -0.1) is 0 Å². The Morgan fingerprint density at radius 3 is 1.68 bits per heavy atom. The topological polar surface area (TPSA) is 206 Å². The Morgan fingerprint density at radius 1 is 0.588 bits per heavy atom. The Morgan fingerprint density at radius 2 is 1.12 bits per heavy atom. The molecule has 0 bridgehead atoms. The zero-order valence-corrected chi connectivity index (χ0v) is 19.4. The maximum atomic E-state index is 10.7. The average molecular weight is 500 g/mol. The molecule has 3 rings (SSSR count). The zero-order valence-electron chi connectivity index (χ0n) is 19.4. The van der Waals surface area contributed by atoms with E-state index in [0.717, 1.165) is 0 Å². The first-order valence-corrected chi connectivity index (χ1v) is 11.1. The lowest BCUT2D eigenvalue weighted by molar-refractivity contribution is -0.378. The molecule has 0 aromatic carbocycles. The van der Waals surface area contributed by atoms with Gasteiger partial charge in [-0.25, -0.2) is 0 Å². The van der Waals surface area contributed by atoms with Gasteiger partial charge in [-0.1, -0.05) is 0 Å². The van der Waals surface area contributed by atoms with Gasteiger partial charge < -0.3 is 68.9 Å². The van der Waals surface area contributed by atoms with Crippen molar-refractivity contribution < 1.29 is 68.9 Å². The second-order valence-corrected chi connectivity index (χ2v) is 8.72. The smallest absolute Gasteiger partial charge is 0.187 e. The standard InChI is InChI=1S/C20H36O14/c1-6-9(22)14(16(28-3)18(27)30-6)34-20-17(29-4)15(10(23)7(2)31-20)33-19-13(26)12(25)11(24)8(5-21)32-19/h6-27H,5H2,1-4H3/t6-,7-,8+,9-,10-,11+,12-,13+,14+,15+,16+,17+,18?,19-,20-/m0/s1. The fraction of sp³-hybridized carbons (Fsp3) is 1.00. The van der Waals surface area contributed by atoms with Crippen LogP contribution in [0.3, 0.4) is 0 Å². The first-order chi connectivity index (χ1) is 16.0. The molecule has 3 saturated heterocycles. The van der Waals surface area contributed by atoms with Crippen molar-refractivity contribution in [1.29, 1.82) is 0 Å². The molecule has 15 atom stereocenters. The van der Waals surface area contributed by atoms with Crippen LogP contribution in [0.25, 0.3) is 0 Å². The van der Waals surface area contributed by atoms with E-state index in [1.807, 2.05) is 0 Å². The number of methoxy groups -OCH3 is 2. The van der Waals surface area contributed by atoms with Crippen LogP contribution in [0.5, 0.6) is 0 Å². The van der Waals surface area contributed by atoms with Gasteiger partial charge in [0.25, 0.3) is 0 Å². The normalized spacial score (nSPS) is 52.5. The Balaban J connectivity index is 1.80. The van der Waals surface area contributed by atoms with E-state index in [4.69, 9.17) is 33.2 Å². The highest BCUT2D eigenvalue weighted by Crippen LogP contribution is 2.33. The molecule has 34 heavy (non-hydrogen) atoms. The second-order valence-electron chi connectivity index (χ2n) is 8.72. The van der Waals surface area contributed by atoms with Crippen LogP contribution in [0.2, 0.25) is 0 Å². The predicted octanol–water partition coefficient (Wildman–Crippen LogP) is -4.21. The molecule has 14 heteroatoms. The van der Waals surface area contributed by atoms with Crippen molar-refractivity contribution in [1.82, 2.24) is 0 Å². The van der Waals surface area contributed by atoms with Gasteiger partial charge in [-0.05, 0) is 13.8 Å². The number of aliphatic hydroxyl groups excluding tert-OH is 7. The summed E-state index contributed by atoms with van der Waals surface area (Å²) in [5.41, 5.74) is 0. The number of ether oxygens (including phenoxy) is 7. The number of aliphatic hydroxyl groups is 7. The Hall–Kier alpha value is -0.560. The van der Waals surface area contributed by atoms with Crippen molar-refractivity contribution in [2.75, 3.05) is 20.8 Å². The lowest BCUT2D eigenvalue weighted by Gasteiger charge is -2.48. The molecule has 1 unspecified atom stereocenters. The zero-order chi connectivity index (χ0) is 25.3. The highest BCUT2D eigenvalue weighted by molar-refractivity contribution is 4.96. The quantitative estimate of drug-likeness (QED) is 0.177. The highest BCUT2D eigenvalue weighted by Gasteiger charge is 2.53. The summed E-state index contributed by atoms with van der Waals surface area (Å²) in [6, 6.07) is 0. The lowest BCUT2D eigenvalue weighted by atomic mass is 9.96. The van der Waals surface area contributed by atoms with E-state index in [0.29, 0.717) is 0 Å². The molecule has 0 aliphatic carbocycles. The minimum atomic E-state index is -1.70. The van der Waals surface area contributed by atoms with E-state index in [9.17, 15) is 35.7 Å². The van der Waals surface area contributed by atoms with Crippen molar-refractivity contribution in [2.24, 2.45) is 0 Å². The number of hydrogen-bond acceptors (Lipinski definition) is 14. The molecule has 3 aliphatic rings. The third-order valence-electron chi connectivity index (χ3n) is 6.51. The van der Waals surface area contributed by atoms with Crippen LogP contribution in [-0.4, -0.2) is 149 Å². The molecule has 7 N–H and O–H groups in total. The Labute approximate surface area is 196 Å². The van der Waals surface area contributed by atoms with Crippen LogP contribution in [0.1, 0.15) is 13.8 Å². The monoisotopic (exact) mass is 500 g/mol. The van der Waals surface area contributed by atoms with Gasteiger partial charge in [-0.2, -0.15) is 0 Å². The van der Waals surface area contributed by atoms with Crippen molar-refractivity contribution in [3.63, 3.8) is 0 Å². The predicted molar refractivity (Wildman–Crippen MR) is 108 cm³/mol. The molecular weight excluding hydrogens is 464 g/mol. The molecule has 0 radical (unpaired) electrons. The number of hydrogen-bond donors (Lipinski definition) is 7. The van der Waals surface area contributed by atoms with Crippen molar-refractivity contribution in [2.45, 2.75) is 106 Å². The molecule has 0 saturated carbocycles. The second kappa shape index (κ2) is 11.7. The van der Waals surface area contributed by atoms with Crippen molar-refractivity contribution in [3.8, 4) is 0 Å². The van der Waals surface area contributed by atoms with Gasteiger partial charge in [0, 0.05) is 14.2 Å². The Kier molecular flexibility index (Phi) is 9.61. The van der Waals surface area contributed by atoms with Gasteiger partial charge in [0.05, 0.1) is 18.8 Å². The van der Waals surface area contributed by atoms with E-state index < -0.39 is 98.7 Å². The summed E-state index contributed by atoms with van der Waals surface area (Å²) in [7, 11) is 2.60. The van der Waals surface area contributed by atoms with E-state index in [1.165, 1.54) is 21.1 Å². The van der Waals surface area contributed by atoms with Crippen molar-refractivity contribution in [3.05, 3.63) is 0 Å². The van der Waals surface area contributed by atoms with Gasteiger partial charge >= 0.3 is 0 Å². The largest absolute Gasteiger partial charge is 0.394 e. The molecule has 3 heterocycles. The summed E-state index contributed by atoms with van der Waals surface area (Å²) in [5, 5.41) is 71.3. The van der Waals surface area contributed by atoms with E-state index in [2.05, 4.69) is 0 Å². The third-order valence-corrected chi connectivity index (χ3v) is 6.51. The van der Waals surface area contributed by atoms with Crippen LogP contribution >= 0.6 is 0 Å². The van der Waals surface area contributed by atoms with Crippen LogP contribution in [0, 0.1) is 0 Å². The summed E-state index contributed by atoms with van der Waals surface area (Å²) in [6.45, 7) is 2.42.